The second-order valence-corrected chi connectivity index (χ2v) is 9.39. The number of anilines is 1. The molecule has 1 amide bonds. The zero-order valence-corrected chi connectivity index (χ0v) is 20.4. The maximum atomic E-state index is 12.8. The summed E-state index contributed by atoms with van der Waals surface area (Å²) in [5.74, 6) is 0.786. The van der Waals surface area contributed by atoms with Gasteiger partial charge in [-0.1, -0.05) is 29.8 Å². The summed E-state index contributed by atoms with van der Waals surface area (Å²) in [7, 11) is 0. The van der Waals surface area contributed by atoms with Crippen molar-refractivity contribution in [3.05, 3.63) is 75.8 Å². The number of benzene rings is 2. The van der Waals surface area contributed by atoms with Crippen LogP contribution in [0.3, 0.4) is 0 Å². The first-order valence-electron chi connectivity index (χ1n) is 10.8. The largest absolute Gasteiger partial charge is 0.353 e. The summed E-state index contributed by atoms with van der Waals surface area (Å²) in [6, 6.07) is 16.0. The SMILES string of the molecule is Cc1ccc(-n2cc3c(N4CCN[C@@H](C(=O)NCc5ccc(I)cc5)C4)ncnc3n2)cc1. The van der Waals surface area contributed by atoms with Crippen molar-refractivity contribution in [3.63, 3.8) is 0 Å². The second-order valence-electron chi connectivity index (χ2n) is 8.14. The molecule has 0 unspecified atom stereocenters. The zero-order valence-electron chi connectivity index (χ0n) is 18.2. The predicted octanol–water partition coefficient (Wildman–Crippen LogP) is 2.82. The van der Waals surface area contributed by atoms with Crippen LogP contribution in [-0.2, 0) is 11.3 Å². The highest BCUT2D eigenvalue weighted by atomic mass is 127. The smallest absolute Gasteiger partial charge is 0.239 e. The number of carbonyl (C=O) groups is 1. The summed E-state index contributed by atoms with van der Waals surface area (Å²) in [4.78, 5) is 23.9. The number of halogens is 1. The molecule has 0 aliphatic carbocycles. The van der Waals surface area contributed by atoms with Crippen LogP contribution in [0.2, 0.25) is 0 Å². The van der Waals surface area contributed by atoms with Crippen molar-refractivity contribution in [2.75, 3.05) is 24.5 Å². The molecule has 0 saturated carbocycles. The van der Waals surface area contributed by atoms with Gasteiger partial charge in [-0.05, 0) is 59.3 Å². The number of aryl methyl sites for hydroxylation is 1. The molecule has 0 spiro atoms. The van der Waals surface area contributed by atoms with Crippen LogP contribution >= 0.6 is 22.6 Å². The van der Waals surface area contributed by atoms with Crippen molar-refractivity contribution < 1.29 is 4.79 Å². The topological polar surface area (TPSA) is 88.0 Å². The van der Waals surface area contributed by atoms with E-state index in [1.807, 2.05) is 47.3 Å². The van der Waals surface area contributed by atoms with Crippen LogP contribution in [-0.4, -0.2) is 51.3 Å². The van der Waals surface area contributed by atoms with Gasteiger partial charge in [0.1, 0.15) is 18.2 Å². The van der Waals surface area contributed by atoms with E-state index in [9.17, 15) is 4.79 Å². The van der Waals surface area contributed by atoms with Crippen molar-refractivity contribution >= 4 is 45.3 Å². The number of amides is 1. The third kappa shape index (κ3) is 4.83. The van der Waals surface area contributed by atoms with E-state index in [1.165, 1.54) is 15.5 Å². The molecule has 1 atom stereocenters. The minimum absolute atomic E-state index is 0.0149. The molecule has 5 rings (SSSR count). The highest BCUT2D eigenvalue weighted by molar-refractivity contribution is 14.1. The van der Waals surface area contributed by atoms with Gasteiger partial charge in [0, 0.05) is 35.9 Å². The third-order valence-electron chi connectivity index (χ3n) is 5.77. The van der Waals surface area contributed by atoms with Crippen LogP contribution in [0, 0.1) is 10.5 Å². The summed E-state index contributed by atoms with van der Waals surface area (Å²) in [6.45, 7) is 4.54. The van der Waals surface area contributed by atoms with Crippen molar-refractivity contribution in [1.29, 1.82) is 0 Å². The number of carbonyl (C=O) groups excluding carboxylic acids is 1. The number of nitrogens with one attached hydrogen (secondary N) is 2. The van der Waals surface area contributed by atoms with Gasteiger partial charge in [0.15, 0.2) is 5.65 Å². The maximum Gasteiger partial charge on any atom is 0.239 e. The molecule has 1 fully saturated rings. The lowest BCUT2D eigenvalue weighted by Gasteiger charge is -2.33. The van der Waals surface area contributed by atoms with Gasteiger partial charge in [-0.2, -0.15) is 0 Å². The fraction of sp³-hybridized carbons (Fsp3) is 0.250. The van der Waals surface area contributed by atoms with Gasteiger partial charge >= 0.3 is 0 Å². The van der Waals surface area contributed by atoms with Crippen LogP contribution in [0.25, 0.3) is 16.7 Å². The number of hydrogen-bond donors (Lipinski definition) is 2. The van der Waals surface area contributed by atoms with Crippen LogP contribution in [0.4, 0.5) is 5.82 Å². The molecule has 9 heteroatoms. The van der Waals surface area contributed by atoms with Gasteiger partial charge < -0.3 is 15.5 Å². The van der Waals surface area contributed by atoms with Gasteiger partial charge in [0.25, 0.3) is 0 Å². The van der Waals surface area contributed by atoms with Crippen molar-refractivity contribution in [2.45, 2.75) is 19.5 Å². The van der Waals surface area contributed by atoms with Crippen LogP contribution < -0.4 is 15.5 Å². The summed E-state index contributed by atoms with van der Waals surface area (Å²) in [5.41, 5.74) is 3.89. The van der Waals surface area contributed by atoms with Crippen LogP contribution in [0.15, 0.2) is 61.1 Å². The van der Waals surface area contributed by atoms with Crippen molar-refractivity contribution in [2.24, 2.45) is 0 Å². The number of nitrogens with zero attached hydrogens (tertiary/aromatic N) is 5. The molecule has 4 aromatic rings. The minimum atomic E-state index is -0.320. The average Bonchev–Trinajstić information content (AvgIpc) is 3.28. The molecule has 33 heavy (non-hydrogen) atoms. The molecular formula is C24H24IN7O. The Kier molecular flexibility index (Phi) is 6.23. The molecule has 8 nitrogen and oxygen atoms in total. The number of rotatable bonds is 5. The monoisotopic (exact) mass is 553 g/mol. The third-order valence-corrected chi connectivity index (χ3v) is 6.48. The van der Waals surface area contributed by atoms with E-state index in [2.05, 4.69) is 72.2 Å². The maximum absolute atomic E-state index is 12.8. The lowest BCUT2D eigenvalue weighted by molar-refractivity contribution is -0.123. The fourth-order valence-corrected chi connectivity index (χ4v) is 4.30. The van der Waals surface area contributed by atoms with Gasteiger partial charge in [-0.15, -0.1) is 5.10 Å². The van der Waals surface area contributed by atoms with E-state index < -0.39 is 0 Å². The summed E-state index contributed by atoms with van der Waals surface area (Å²) < 4.78 is 3.00. The zero-order chi connectivity index (χ0) is 22.8. The standard InChI is InChI=1S/C24H24IN7O/c1-16-2-8-19(9-3-16)32-13-20-22(30-32)28-15-29-23(20)31-11-10-26-21(14-31)24(33)27-12-17-4-6-18(25)7-5-17/h2-9,13,15,21,26H,10-12,14H2,1H3,(H,27,33)/t21-/m1/s1. The number of aromatic nitrogens is 4. The van der Waals surface area contributed by atoms with E-state index in [4.69, 9.17) is 0 Å². The lowest BCUT2D eigenvalue weighted by Crippen LogP contribution is -2.57. The van der Waals surface area contributed by atoms with Crippen molar-refractivity contribution in [3.8, 4) is 5.69 Å². The molecule has 0 bridgehead atoms. The molecule has 3 heterocycles. The second kappa shape index (κ2) is 9.44. The first kappa shape index (κ1) is 21.8. The Hall–Kier alpha value is -3.05. The van der Waals surface area contributed by atoms with E-state index >= 15 is 0 Å². The quantitative estimate of drug-likeness (QED) is 0.370. The van der Waals surface area contributed by atoms with E-state index in [1.54, 1.807) is 0 Å². The molecule has 1 saturated heterocycles. The number of piperazine rings is 1. The highest BCUT2D eigenvalue weighted by Crippen LogP contribution is 2.24. The lowest BCUT2D eigenvalue weighted by atomic mass is 10.1. The fourth-order valence-electron chi connectivity index (χ4n) is 3.94. The van der Waals surface area contributed by atoms with Crippen LogP contribution in [0.5, 0.6) is 0 Å². The number of fused-ring (bicyclic) bond motifs is 1. The minimum Gasteiger partial charge on any atom is -0.353 e. The van der Waals surface area contributed by atoms with E-state index in [0.29, 0.717) is 25.3 Å². The van der Waals surface area contributed by atoms with E-state index in [-0.39, 0.29) is 11.9 Å². The van der Waals surface area contributed by atoms with Gasteiger partial charge in [-0.3, -0.25) is 4.79 Å². The Bertz CT molecular complexity index is 1270. The molecular weight excluding hydrogens is 529 g/mol. The summed E-state index contributed by atoms with van der Waals surface area (Å²) in [6.07, 6.45) is 3.50. The van der Waals surface area contributed by atoms with Gasteiger partial charge in [0.05, 0.1) is 11.1 Å². The Morgan fingerprint density at radius 1 is 1.15 bits per heavy atom. The Morgan fingerprint density at radius 3 is 2.73 bits per heavy atom. The molecule has 2 aromatic carbocycles. The summed E-state index contributed by atoms with van der Waals surface area (Å²) >= 11 is 2.27. The van der Waals surface area contributed by atoms with Gasteiger partial charge in [-0.25, -0.2) is 14.6 Å². The average molecular weight is 553 g/mol. The number of hydrogen-bond acceptors (Lipinski definition) is 6. The molecule has 168 valence electrons. The summed E-state index contributed by atoms with van der Waals surface area (Å²) in [5, 5.41) is 11.9. The molecule has 1 aliphatic heterocycles. The van der Waals surface area contributed by atoms with Gasteiger partial charge in [0.2, 0.25) is 5.91 Å². The van der Waals surface area contributed by atoms with E-state index in [0.717, 1.165) is 29.0 Å². The first-order chi connectivity index (χ1) is 16.1. The Labute approximate surface area is 205 Å². The molecule has 2 aromatic heterocycles. The Balaban J connectivity index is 1.32. The molecule has 2 N–H and O–H groups in total. The van der Waals surface area contributed by atoms with Crippen LogP contribution in [0.1, 0.15) is 11.1 Å². The Morgan fingerprint density at radius 2 is 1.94 bits per heavy atom. The predicted molar refractivity (Wildman–Crippen MR) is 136 cm³/mol. The van der Waals surface area contributed by atoms with Crippen molar-refractivity contribution in [1.82, 2.24) is 30.4 Å². The molecule has 1 aliphatic rings. The highest BCUT2D eigenvalue weighted by Gasteiger charge is 2.27. The molecule has 0 radical (unpaired) electrons. The first-order valence-corrected chi connectivity index (χ1v) is 11.9. The normalized spacial score (nSPS) is 16.2.